The van der Waals surface area contributed by atoms with E-state index in [4.69, 9.17) is 10.5 Å². The number of nitrogens with zero attached hydrogens (tertiary/aromatic N) is 2. The summed E-state index contributed by atoms with van der Waals surface area (Å²) in [5, 5.41) is 0. The number of nitrogens with two attached hydrogens (primary N) is 1. The third kappa shape index (κ3) is 2.52. The zero-order valence-corrected chi connectivity index (χ0v) is 11.8. The van der Waals surface area contributed by atoms with Crippen LogP contribution in [0.25, 0.3) is 0 Å². The highest BCUT2D eigenvalue weighted by Gasteiger charge is 2.16. The summed E-state index contributed by atoms with van der Waals surface area (Å²) in [6.07, 6.45) is 3.20. The van der Waals surface area contributed by atoms with Gasteiger partial charge in [0.05, 0.1) is 13.2 Å². The highest BCUT2D eigenvalue weighted by atomic mass is 79.9. The minimum atomic E-state index is -0.356. The van der Waals surface area contributed by atoms with E-state index >= 15 is 0 Å². The van der Waals surface area contributed by atoms with Gasteiger partial charge in [-0.3, -0.25) is 4.98 Å². The van der Waals surface area contributed by atoms with E-state index < -0.39 is 0 Å². The van der Waals surface area contributed by atoms with E-state index in [0.717, 1.165) is 15.6 Å². The minimum absolute atomic E-state index is 0.356. The molecule has 1 aromatic heterocycles. The van der Waals surface area contributed by atoms with Gasteiger partial charge in [-0.15, -0.1) is 0 Å². The third-order valence-corrected chi connectivity index (χ3v) is 3.59. The first-order valence-corrected chi connectivity index (χ1v) is 6.29. The molecule has 94 valence electrons. The lowest BCUT2D eigenvalue weighted by Crippen LogP contribution is -2.15. The molecular formula is C13H14BrN3O. The molecule has 0 saturated heterocycles. The fraction of sp³-hybridized carbons (Fsp3) is 0.231. The Balaban J connectivity index is 2.41. The van der Waals surface area contributed by atoms with Gasteiger partial charge in [-0.05, 0) is 24.1 Å². The van der Waals surface area contributed by atoms with E-state index in [9.17, 15) is 0 Å². The Labute approximate surface area is 114 Å². The molecule has 2 aromatic rings. The zero-order chi connectivity index (χ0) is 13.1. The van der Waals surface area contributed by atoms with Crippen molar-refractivity contribution in [1.82, 2.24) is 9.97 Å². The molecule has 1 aromatic carbocycles. The fourth-order valence-corrected chi connectivity index (χ4v) is 2.06. The molecule has 2 N–H and O–H groups in total. The van der Waals surface area contributed by atoms with E-state index in [1.165, 1.54) is 0 Å². The van der Waals surface area contributed by atoms with E-state index in [1.807, 2.05) is 25.1 Å². The molecule has 0 aliphatic rings. The van der Waals surface area contributed by atoms with Crippen LogP contribution in [0.2, 0.25) is 0 Å². The lowest BCUT2D eigenvalue weighted by Gasteiger charge is -2.14. The predicted octanol–water partition coefficient (Wildman–Crippen LogP) is 2.60. The van der Waals surface area contributed by atoms with Crippen LogP contribution in [0.3, 0.4) is 0 Å². The summed E-state index contributed by atoms with van der Waals surface area (Å²) >= 11 is 3.50. The minimum Gasteiger partial charge on any atom is -0.480 e. The molecule has 1 atom stereocenters. The summed E-state index contributed by atoms with van der Waals surface area (Å²) in [5.74, 6) is 0.460. The van der Waals surface area contributed by atoms with Gasteiger partial charge in [-0.25, -0.2) is 4.98 Å². The molecule has 5 heteroatoms. The van der Waals surface area contributed by atoms with Gasteiger partial charge in [0.1, 0.15) is 5.69 Å². The summed E-state index contributed by atoms with van der Waals surface area (Å²) in [6.45, 7) is 2.03. The molecule has 0 spiro atoms. The summed E-state index contributed by atoms with van der Waals surface area (Å²) in [4.78, 5) is 8.36. The maximum absolute atomic E-state index is 6.21. The zero-order valence-electron chi connectivity index (χ0n) is 10.2. The van der Waals surface area contributed by atoms with Crippen LogP contribution in [0.5, 0.6) is 5.88 Å². The summed E-state index contributed by atoms with van der Waals surface area (Å²) in [6, 6.07) is 5.64. The van der Waals surface area contributed by atoms with Crippen LogP contribution in [0.4, 0.5) is 0 Å². The quantitative estimate of drug-likeness (QED) is 0.947. The first-order chi connectivity index (χ1) is 8.63. The van der Waals surface area contributed by atoms with Crippen molar-refractivity contribution in [3.05, 3.63) is 51.9 Å². The van der Waals surface area contributed by atoms with Crippen molar-refractivity contribution in [3.8, 4) is 5.88 Å². The molecule has 0 aliphatic heterocycles. The molecule has 2 rings (SSSR count). The maximum Gasteiger partial charge on any atom is 0.237 e. The van der Waals surface area contributed by atoms with Crippen molar-refractivity contribution in [2.24, 2.45) is 5.73 Å². The number of aryl methyl sites for hydroxylation is 1. The second kappa shape index (κ2) is 5.46. The van der Waals surface area contributed by atoms with Gasteiger partial charge in [0, 0.05) is 16.9 Å². The molecule has 0 fully saturated rings. The molecule has 0 aliphatic carbocycles. The Morgan fingerprint density at radius 3 is 2.67 bits per heavy atom. The van der Waals surface area contributed by atoms with Crippen molar-refractivity contribution in [2.75, 3.05) is 7.11 Å². The van der Waals surface area contributed by atoms with Crippen molar-refractivity contribution < 1.29 is 4.74 Å². The summed E-state index contributed by atoms with van der Waals surface area (Å²) in [5.41, 5.74) is 8.97. The highest BCUT2D eigenvalue weighted by molar-refractivity contribution is 9.10. The first kappa shape index (κ1) is 13.0. The summed E-state index contributed by atoms with van der Waals surface area (Å²) in [7, 11) is 1.56. The van der Waals surface area contributed by atoms with Gasteiger partial charge in [0.25, 0.3) is 0 Å². The fourth-order valence-electron chi connectivity index (χ4n) is 1.67. The van der Waals surface area contributed by atoms with Crippen LogP contribution in [0.1, 0.15) is 22.9 Å². The largest absolute Gasteiger partial charge is 0.480 e. The number of hydrogen-bond acceptors (Lipinski definition) is 4. The van der Waals surface area contributed by atoms with Crippen molar-refractivity contribution in [2.45, 2.75) is 13.0 Å². The monoisotopic (exact) mass is 307 g/mol. The van der Waals surface area contributed by atoms with E-state index in [-0.39, 0.29) is 6.04 Å². The second-order valence-electron chi connectivity index (χ2n) is 3.94. The average molecular weight is 308 g/mol. The normalized spacial score (nSPS) is 12.2. The number of benzene rings is 1. The number of aromatic nitrogens is 2. The number of rotatable bonds is 3. The molecule has 1 heterocycles. The first-order valence-electron chi connectivity index (χ1n) is 5.50. The van der Waals surface area contributed by atoms with Gasteiger partial charge < -0.3 is 10.5 Å². The molecule has 0 saturated carbocycles. The second-order valence-corrected chi connectivity index (χ2v) is 4.79. The van der Waals surface area contributed by atoms with Crippen LogP contribution in [0, 0.1) is 6.92 Å². The Morgan fingerprint density at radius 1 is 1.28 bits per heavy atom. The van der Waals surface area contributed by atoms with Crippen LogP contribution < -0.4 is 10.5 Å². The van der Waals surface area contributed by atoms with Crippen LogP contribution in [-0.2, 0) is 0 Å². The van der Waals surface area contributed by atoms with Gasteiger partial charge in [-0.2, -0.15) is 0 Å². The maximum atomic E-state index is 6.21. The smallest absolute Gasteiger partial charge is 0.237 e. The van der Waals surface area contributed by atoms with Gasteiger partial charge in [0.15, 0.2) is 0 Å². The van der Waals surface area contributed by atoms with Crippen molar-refractivity contribution >= 4 is 15.9 Å². The molecular weight excluding hydrogens is 294 g/mol. The van der Waals surface area contributed by atoms with Crippen molar-refractivity contribution in [1.29, 1.82) is 0 Å². The number of methoxy groups -OCH3 is 1. The van der Waals surface area contributed by atoms with Crippen LogP contribution >= 0.6 is 15.9 Å². The number of ether oxygens (including phenoxy) is 1. The topological polar surface area (TPSA) is 61.0 Å². The Hall–Kier alpha value is -1.46. The van der Waals surface area contributed by atoms with Crippen LogP contribution in [0.15, 0.2) is 35.1 Å². The molecule has 4 nitrogen and oxygen atoms in total. The summed E-state index contributed by atoms with van der Waals surface area (Å²) < 4.78 is 6.20. The van der Waals surface area contributed by atoms with Crippen molar-refractivity contribution in [3.63, 3.8) is 0 Å². The molecule has 1 unspecified atom stereocenters. The highest BCUT2D eigenvalue weighted by Crippen LogP contribution is 2.27. The van der Waals surface area contributed by atoms with E-state index in [2.05, 4.69) is 25.9 Å². The third-order valence-electron chi connectivity index (χ3n) is 2.73. The predicted molar refractivity (Wildman–Crippen MR) is 73.5 cm³/mol. The average Bonchev–Trinajstić information content (AvgIpc) is 2.41. The SMILES string of the molecule is COc1nccnc1C(N)c1ccc(C)c(Br)c1. The number of hydrogen-bond donors (Lipinski definition) is 1. The molecule has 18 heavy (non-hydrogen) atoms. The Kier molecular flexibility index (Phi) is 3.93. The van der Waals surface area contributed by atoms with Gasteiger partial charge in [0.2, 0.25) is 5.88 Å². The van der Waals surface area contributed by atoms with E-state index in [1.54, 1.807) is 19.5 Å². The Morgan fingerprint density at radius 2 is 2.00 bits per heavy atom. The molecule has 0 radical (unpaired) electrons. The van der Waals surface area contributed by atoms with Gasteiger partial charge in [-0.1, -0.05) is 28.1 Å². The Bertz CT molecular complexity index is 560. The van der Waals surface area contributed by atoms with Gasteiger partial charge >= 0.3 is 0 Å². The lowest BCUT2D eigenvalue weighted by atomic mass is 10.0. The molecule has 0 bridgehead atoms. The van der Waals surface area contributed by atoms with Crippen LogP contribution in [-0.4, -0.2) is 17.1 Å². The van der Waals surface area contributed by atoms with E-state index in [0.29, 0.717) is 11.6 Å². The lowest BCUT2D eigenvalue weighted by molar-refractivity contribution is 0.387. The number of halogens is 1. The molecule has 0 amide bonds. The standard InChI is InChI=1S/C13H14BrN3O/c1-8-3-4-9(7-10(8)14)11(15)12-13(18-2)17-6-5-16-12/h3-7,11H,15H2,1-2H3.